The minimum absolute atomic E-state index is 0.00467. The fraction of sp³-hybridized carbons (Fsp3) is 0.318. The SMILES string of the molecule is Cc1ccn(-c2ccccc2CNc2ncc(C(=O)N3CCCCC3)cc2Cl)n1. The molecule has 1 saturated heterocycles. The molecule has 1 aliphatic rings. The van der Waals surface area contributed by atoms with Crippen molar-refractivity contribution < 1.29 is 4.79 Å². The lowest BCUT2D eigenvalue weighted by Gasteiger charge is -2.26. The number of nitrogens with zero attached hydrogens (tertiary/aromatic N) is 4. The summed E-state index contributed by atoms with van der Waals surface area (Å²) in [5.74, 6) is 0.568. The van der Waals surface area contributed by atoms with Gasteiger partial charge in [-0.15, -0.1) is 0 Å². The number of pyridine rings is 1. The Labute approximate surface area is 175 Å². The molecule has 4 rings (SSSR count). The normalized spacial score (nSPS) is 14.1. The lowest BCUT2D eigenvalue weighted by atomic mass is 10.1. The number of amides is 1. The molecular formula is C22H24ClN5O. The van der Waals surface area contributed by atoms with Crippen LogP contribution < -0.4 is 5.32 Å². The van der Waals surface area contributed by atoms with Crippen LogP contribution in [0.15, 0.2) is 48.8 Å². The summed E-state index contributed by atoms with van der Waals surface area (Å²) in [5, 5.41) is 8.22. The summed E-state index contributed by atoms with van der Waals surface area (Å²) in [6.45, 7) is 4.12. The molecule has 0 bridgehead atoms. The molecule has 7 heteroatoms. The van der Waals surface area contributed by atoms with Crippen molar-refractivity contribution in [3.63, 3.8) is 0 Å². The van der Waals surface area contributed by atoms with Gasteiger partial charge in [0.1, 0.15) is 5.82 Å². The zero-order valence-electron chi connectivity index (χ0n) is 16.4. The van der Waals surface area contributed by atoms with Crippen LogP contribution in [-0.4, -0.2) is 38.7 Å². The van der Waals surface area contributed by atoms with Crippen LogP contribution in [0.2, 0.25) is 5.02 Å². The summed E-state index contributed by atoms with van der Waals surface area (Å²) in [7, 11) is 0. The van der Waals surface area contributed by atoms with Crippen molar-refractivity contribution in [2.45, 2.75) is 32.7 Å². The molecule has 1 aliphatic heterocycles. The van der Waals surface area contributed by atoms with Crippen molar-refractivity contribution >= 4 is 23.3 Å². The molecule has 3 aromatic rings. The van der Waals surface area contributed by atoms with E-state index in [-0.39, 0.29) is 5.91 Å². The van der Waals surface area contributed by atoms with Gasteiger partial charge < -0.3 is 10.2 Å². The highest BCUT2D eigenvalue weighted by atomic mass is 35.5. The zero-order valence-corrected chi connectivity index (χ0v) is 17.2. The Hall–Kier alpha value is -2.86. The van der Waals surface area contributed by atoms with E-state index < -0.39 is 0 Å². The van der Waals surface area contributed by atoms with Crippen molar-refractivity contribution in [2.75, 3.05) is 18.4 Å². The number of piperidine rings is 1. The van der Waals surface area contributed by atoms with Crippen LogP contribution in [0.5, 0.6) is 0 Å². The van der Waals surface area contributed by atoms with E-state index in [1.807, 2.05) is 53.0 Å². The number of carbonyl (C=O) groups excluding carboxylic acids is 1. The number of hydrogen-bond acceptors (Lipinski definition) is 4. The second-order valence-electron chi connectivity index (χ2n) is 7.29. The lowest BCUT2D eigenvalue weighted by Crippen LogP contribution is -2.35. The minimum atomic E-state index is 0.00467. The fourth-order valence-electron chi connectivity index (χ4n) is 3.58. The molecular weight excluding hydrogens is 386 g/mol. The molecule has 0 radical (unpaired) electrons. The molecule has 1 N–H and O–H groups in total. The number of rotatable bonds is 5. The molecule has 0 saturated carbocycles. The van der Waals surface area contributed by atoms with Gasteiger partial charge in [-0.3, -0.25) is 4.79 Å². The number of para-hydroxylation sites is 1. The number of likely N-dealkylation sites (tertiary alicyclic amines) is 1. The van der Waals surface area contributed by atoms with Crippen molar-refractivity contribution in [1.29, 1.82) is 0 Å². The maximum atomic E-state index is 12.6. The summed E-state index contributed by atoms with van der Waals surface area (Å²) in [6, 6.07) is 11.7. The third-order valence-electron chi connectivity index (χ3n) is 5.14. The first-order valence-corrected chi connectivity index (χ1v) is 10.3. The van der Waals surface area contributed by atoms with Gasteiger partial charge in [0.25, 0.3) is 5.91 Å². The van der Waals surface area contributed by atoms with Crippen LogP contribution in [-0.2, 0) is 6.54 Å². The van der Waals surface area contributed by atoms with Gasteiger partial charge in [0.15, 0.2) is 0 Å². The summed E-state index contributed by atoms with van der Waals surface area (Å²) in [4.78, 5) is 18.9. The first-order chi connectivity index (χ1) is 14.1. The van der Waals surface area contributed by atoms with E-state index in [2.05, 4.69) is 15.4 Å². The minimum Gasteiger partial charge on any atom is -0.365 e. The predicted octanol–water partition coefficient (Wildman–Crippen LogP) is 4.47. The lowest BCUT2D eigenvalue weighted by molar-refractivity contribution is 0.0724. The van der Waals surface area contributed by atoms with E-state index in [1.54, 1.807) is 12.3 Å². The number of carbonyl (C=O) groups is 1. The van der Waals surface area contributed by atoms with E-state index in [4.69, 9.17) is 11.6 Å². The molecule has 3 heterocycles. The molecule has 2 aromatic heterocycles. The maximum Gasteiger partial charge on any atom is 0.255 e. The molecule has 29 heavy (non-hydrogen) atoms. The molecule has 0 spiro atoms. The standard InChI is InChI=1S/C22H24ClN5O/c1-16-9-12-28(26-16)20-8-4-3-7-17(20)14-24-21-19(23)13-18(15-25-21)22(29)27-10-5-2-6-11-27/h3-4,7-9,12-13,15H,2,5-6,10-11,14H2,1H3,(H,24,25). The van der Waals surface area contributed by atoms with E-state index in [0.29, 0.717) is 22.9 Å². The second kappa shape index (κ2) is 8.66. The number of aryl methyl sites for hydroxylation is 1. The van der Waals surface area contributed by atoms with Crippen LogP contribution in [0.4, 0.5) is 5.82 Å². The first-order valence-electron chi connectivity index (χ1n) is 9.91. The number of halogens is 1. The van der Waals surface area contributed by atoms with E-state index in [1.165, 1.54) is 6.42 Å². The van der Waals surface area contributed by atoms with Crippen LogP contribution in [0, 0.1) is 6.92 Å². The summed E-state index contributed by atoms with van der Waals surface area (Å²) >= 11 is 6.43. The van der Waals surface area contributed by atoms with Crippen molar-refractivity contribution in [3.05, 3.63) is 70.6 Å². The Morgan fingerprint density at radius 3 is 2.69 bits per heavy atom. The second-order valence-corrected chi connectivity index (χ2v) is 7.70. The van der Waals surface area contributed by atoms with Crippen LogP contribution >= 0.6 is 11.6 Å². The van der Waals surface area contributed by atoms with E-state index in [0.717, 1.165) is 42.9 Å². The number of benzene rings is 1. The molecule has 1 fully saturated rings. The van der Waals surface area contributed by atoms with Gasteiger partial charge in [0.2, 0.25) is 0 Å². The Morgan fingerprint density at radius 2 is 1.97 bits per heavy atom. The average Bonchev–Trinajstić information content (AvgIpc) is 3.19. The molecule has 150 valence electrons. The number of anilines is 1. The monoisotopic (exact) mass is 409 g/mol. The van der Waals surface area contributed by atoms with E-state index in [9.17, 15) is 4.79 Å². The number of hydrogen-bond donors (Lipinski definition) is 1. The Bertz CT molecular complexity index is 1010. The largest absolute Gasteiger partial charge is 0.365 e. The summed E-state index contributed by atoms with van der Waals surface area (Å²) in [5.41, 5.74) is 3.57. The van der Waals surface area contributed by atoms with Gasteiger partial charge in [0.05, 0.1) is 22.0 Å². The highest BCUT2D eigenvalue weighted by Crippen LogP contribution is 2.23. The number of aromatic nitrogens is 3. The molecule has 6 nitrogen and oxygen atoms in total. The van der Waals surface area contributed by atoms with Crippen molar-refractivity contribution in [1.82, 2.24) is 19.7 Å². The third kappa shape index (κ3) is 4.43. The average molecular weight is 410 g/mol. The van der Waals surface area contributed by atoms with Gasteiger partial charge in [-0.2, -0.15) is 5.10 Å². The molecule has 1 amide bonds. The fourth-order valence-corrected chi connectivity index (χ4v) is 3.81. The Balaban J connectivity index is 1.48. The van der Waals surface area contributed by atoms with Crippen LogP contribution in [0.25, 0.3) is 5.69 Å². The first kappa shape index (κ1) is 19.5. The molecule has 0 atom stereocenters. The van der Waals surface area contributed by atoms with E-state index >= 15 is 0 Å². The van der Waals surface area contributed by atoms with Crippen molar-refractivity contribution in [3.8, 4) is 5.69 Å². The molecule has 1 aromatic carbocycles. The topological polar surface area (TPSA) is 63.1 Å². The van der Waals surface area contributed by atoms with Crippen molar-refractivity contribution in [2.24, 2.45) is 0 Å². The maximum absolute atomic E-state index is 12.6. The van der Waals surface area contributed by atoms with Gasteiger partial charge in [-0.05, 0) is 49.9 Å². The molecule has 0 aliphatic carbocycles. The predicted molar refractivity (Wildman–Crippen MR) is 115 cm³/mol. The Morgan fingerprint density at radius 1 is 1.17 bits per heavy atom. The Kier molecular flexibility index (Phi) is 5.81. The zero-order chi connectivity index (χ0) is 20.2. The highest BCUT2D eigenvalue weighted by molar-refractivity contribution is 6.33. The smallest absolute Gasteiger partial charge is 0.255 e. The number of nitrogens with one attached hydrogen (secondary N) is 1. The van der Waals surface area contributed by atoms with Gasteiger partial charge >= 0.3 is 0 Å². The molecule has 0 unspecified atom stereocenters. The van der Waals surface area contributed by atoms with Crippen LogP contribution in [0.1, 0.15) is 40.9 Å². The quantitative estimate of drug-likeness (QED) is 0.675. The highest BCUT2D eigenvalue weighted by Gasteiger charge is 2.19. The summed E-state index contributed by atoms with van der Waals surface area (Å²) in [6.07, 6.45) is 6.85. The summed E-state index contributed by atoms with van der Waals surface area (Å²) < 4.78 is 1.86. The third-order valence-corrected chi connectivity index (χ3v) is 5.43. The van der Waals surface area contributed by atoms with Gasteiger partial charge in [-0.25, -0.2) is 9.67 Å². The van der Waals surface area contributed by atoms with Gasteiger partial charge in [-0.1, -0.05) is 29.8 Å². The van der Waals surface area contributed by atoms with Crippen LogP contribution in [0.3, 0.4) is 0 Å². The van der Waals surface area contributed by atoms with Gasteiger partial charge in [0, 0.05) is 32.0 Å².